The molecule has 0 aliphatic carbocycles. The normalized spacial score (nSPS) is 10.8. The minimum absolute atomic E-state index is 0. The molecule has 134 valence electrons. The molecule has 1 N–H and O–H groups in total. The molecule has 0 atom stereocenters. The van der Waals surface area contributed by atoms with Crippen LogP contribution in [0.15, 0.2) is 54.9 Å². The first-order valence-electron chi connectivity index (χ1n) is 8.50. The maximum Gasteiger partial charge on any atom is 0.219 e. The van der Waals surface area contributed by atoms with Gasteiger partial charge in [0.25, 0.3) is 0 Å². The lowest BCUT2D eigenvalue weighted by atomic mass is 10.1. The maximum atomic E-state index is 10.5. The van der Waals surface area contributed by atoms with Crippen LogP contribution in [0, 0.1) is 0 Å². The minimum Gasteiger partial charge on any atom is -1.00 e. The Kier molecular flexibility index (Phi) is 5.18. The molecule has 0 amide bonds. The number of hydrogen-bond donors (Lipinski definition) is 1. The number of phenolic OH excluding ortho intramolecular Hbond substituents is 1. The molecule has 26 heavy (non-hydrogen) atoms. The molecular weight excluding hydrogens is 394 g/mol. The number of ether oxygens (including phenoxy) is 2. The molecule has 2 aromatic carbocycles. The van der Waals surface area contributed by atoms with Crippen molar-refractivity contribution >= 4 is 27.1 Å². The molecule has 4 rings (SSSR count). The lowest BCUT2D eigenvalue weighted by molar-refractivity contribution is -0.509. The maximum absolute atomic E-state index is 10.5. The molecule has 0 unspecified atom stereocenters. The van der Waals surface area contributed by atoms with E-state index in [2.05, 4.69) is 24.3 Å². The van der Waals surface area contributed by atoms with Crippen LogP contribution >= 0.6 is 0 Å². The number of fused-ring (bicyclic) bond motifs is 4. The Hall–Kier alpha value is -2.53. The van der Waals surface area contributed by atoms with Crippen molar-refractivity contribution < 1.29 is 36.0 Å². The molecule has 0 spiro atoms. The van der Waals surface area contributed by atoms with Gasteiger partial charge in [-0.2, -0.15) is 4.40 Å². The summed E-state index contributed by atoms with van der Waals surface area (Å²) in [6, 6.07) is 14.1. The van der Waals surface area contributed by atoms with E-state index in [-0.39, 0.29) is 22.7 Å². The Bertz CT molecular complexity index is 1090. The van der Waals surface area contributed by atoms with Crippen molar-refractivity contribution in [1.29, 1.82) is 0 Å². The van der Waals surface area contributed by atoms with Crippen molar-refractivity contribution in [1.82, 2.24) is 0 Å². The van der Waals surface area contributed by atoms with Crippen molar-refractivity contribution in [2.75, 3.05) is 13.2 Å². The summed E-state index contributed by atoms with van der Waals surface area (Å²) in [4.78, 5) is 0. The number of nitrogens with zero attached hydrogens (tertiary/aromatic N) is 1. The molecule has 5 heteroatoms. The summed E-state index contributed by atoms with van der Waals surface area (Å²) >= 11 is 0. The van der Waals surface area contributed by atoms with Crippen molar-refractivity contribution in [2.45, 2.75) is 13.8 Å². The molecule has 2 aromatic heterocycles. The van der Waals surface area contributed by atoms with Crippen LogP contribution in [-0.2, 0) is 0 Å². The zero-order valence-corrected chi connectivity index (χ0v) is 16.3. The van der Waals surface area contributed by atoms with Gasteiger partial charge in [-0.05, 0) is 48.9 Å². The third-order valence-electron chi connectivity index (χ3n) is 4.38. The molecule has 0 aliphatic heterocycles. The van der Waals surface area contributed by atoms with Crippen LogP contribution in [0.4, 0.5) is 0 Å². The number of pyridine rings is 2. The fourth-order valence-electron chi connectivity index (χ4n) is 3.23. The van der Waals surface area contributed by atoms with Gasteiger partial charge in [0.2, 0.25) is 5.52 Å². The highest BCUT2D eigenvalue weighted by molar-refractivity contribution is 5.99. The molecule has 0 radical (unpaired) electrons. The number of benzene rings is 2. The van der Waals surface area contributed by atoms with E-state index in [0.29, 0.717) is 19.0 Å². The van der Waals surface area contributed by atoms with E-state index in [9.17, 15) is 5.11 Å². The van der Waals surface area contributed by atoms with Gasteiger partial charge in [0.05, 0.1) is 24.0 Å². The predicted octanol–water partition coefficient (Wildman–Crippen LogP) is 1.24. The van der Waals surface area contributed by atoms with Gasteiger partial charge in [0, 0.05) is 12.1 Å². The average Bonchev–Trinajstić information content (AvgIpc) is 2.63. The van der Waals surface area contributed by atoms with Crippen LogP contribution in [0.25, 0.3) is 27.1 Å². The quantitative estimate of drug-likeness (QED) is 0.311. The fourth-order valence-corrected chi connectivity index (χ4v) is 3.23. The Morgan fingerprint density at radius 3 is 2.42 bits per heavy atom. The monoisotopic (exact) mass is 413 g/mol. The molecule has 4 nitrogen and oxygen atoms in total. The van der Waals surface area contributed by atoms with E-state index < -0.39 is 0 Å². The number of hydrogen-bond acceptors (Lipinski definition) is 3. The molecule has 4 aromatic rings. The van der Waals surface area contributed by atoms with Gasteiger partial charge in [-0.25, -0.2) is 0 Å². The molecule has 2 heterocycles. The summed E-state index contributed by atoms with van der Waals surface area (Å²) < 4.78 is 13.2. The first kappa shape index (κ1) is 18.3. The van der Waals surface area contributed by atoms with Gasteiger partial charge >= 0.3 is 0 Å². The van der Waals surface area contributed by atoms with Crippen LogP contribution in [0.5, 0.6) is 17.2 Å². The second-order valence-electron chi connectivity index (χ2n) is 5.91. The molecule has 0 aliphatic rings. The molecule has 0 bridgehead atoms. The predicted molar refractivity (Wildman–Crippen MR) is 98.6 cm³/mol. The smallest absolute Gasteiger partial charge is 0.219 e. The summed E-state index contributed by atoms with van der Waals surface area (Å²) in [6.07, 6.45) is 3.94. The van der Waals surface area contributed by atoms with Crippen LogP contribution in [0.2, 0.25) is 0 Å². The SMILES string of the molecule is CCOc1ccc2cc[n+]3cc4c(O)c(OCC)ccc4cc3c2c1.[Br-]. The Labute approximate surface area is 162 Å². The third kappa shape index (κ3) is 3.03. The zero-order chi connectivity index (χ0) is 17.4. The standard InChI is InChI=1S/C21H19NO3.BrH/c1-3-24-16-7-5-14-9-10-22-13-18-15(11-19(22)17(14)12-16)6-8-20(21(18)23)25-4-2;/h5-13H,3-4H2,1-2H3;1H. The average molecular weight is 414 g/mol. The lowest BCUT2D eigenvalue weighted by Gasteiger charge is -2.08. The minimum atomic E-state index is 0. The van der Waals surface area contributed by atoms with Crippen molar-refractivity contribution in [3.05, 3.63) is 54.9 Å². The van der Waals surface area contributed by atoms with Crippen molar-refractivity contribution in [3.63, 3.8) is 0 Å². The van der Waals surface area contributed by atoms with Gasteiger partial charge in [-0.1, -0.05) is 6.07 Å². The van der Waals surface area contributed by atoms with Crippen LogP contribution in [-0.4, -0.2) is 18.3 Å². The van der Waals surface area contributed by atoms with E-state index >= 15 is 0 Å². The summed E-state index contributed by atoms with van der Waals surface area (Å²) in [5.74, 6) is 1.55. The van der Waals surface area contributed by atoms with Crippen LogP contribution in [0.3, 0.4) is 0 Å². The van der Waals surface area contributed by atoms with Gasteiger partial charge < -0.3 is 31.6 Å². The number of halogens is 1. The van der Waals surface area contributed by atoms with E-state index in [1.54, 1.807) is 0 Å². The number of phenols is 1. The molecular formula is C21H20BrNO3. The van der Waals surface area contributed by atoms with E-state index in [0.717, 1.165) is 32.8 Å². The Balaban J connectivity index is 0.00000196. The van der Waals surface area contributed by atoms with Crippen LogP contribution < -0.4 is 30.9 Å². The highest BCUT2D eigenvalue weighted by Crippen LogP contribution is 2.35. The highest BCUT2D eigenvalue weighted by atomic mass is 79.9. The zero-order valence-electron chi connectivity index (χ0n) is 14.7. The molecule has 0 saturated heterocycles. The topological polar surface area (TPSA) is 42.8 Å². The Morgan fingerprint density at radius 1 is 0.885 bits per heavy atom. The van der Waals surface area contributed by atoms with Gasteiger partial charge in [-0.3, -0.25) is 0 Å². The van der Waals surface area contributed by atoms with Gasteiger partial charge in [0.1, 0.15) is 5.75 Å². The fraction of sp³-hybridized carbons (Fsp3) is 0.190. The van der Waals surface area contributed by atoms with E-state index in [4.69, 9.17) is 9.47 Å². The lowest BCUT2D eigenvalue weighted by Crippen LogP contribution is -3.00. The second-order valence-corrected chi connectivity index (χ2v) is 5.91. The highest BCUT2D eigenvalue weighted by Gasteiger charge is 2.15. The van der Waals surface area contributed by atoms with Crippen molar-refractivity contribution in [2.24, 2.45) is 0 Å². The second kappa shape index (κ2) is 7.38. The number of rotatable bonds is 4. The third-order valence-corrected chi connectivity index (χ3v) is 4.38. The summed E-state index contributed by atoms with van der Waals surface area (Å²) in [6.45, 7) is 5.04. The van der Waals surface area contributed by atoms with E-state index in [1.165, 1.54) is 0 Å². The molecule has 0 fully saturated rings. The first-order chi connectivity index (χ1) is 12.2. The summed E-state index contributed by atoms with van der Waals surface area (Å²) in [5, 5.41) is 14.5. The van der Waals surface area contributed by atoms with E-state index in [1.807, 2.05) is 48.8 Å². The first-order valence-corrected chi connectivity index (χ1v) is 8.50. The van der Waals surface area contributed by atoms with Crippen molar-refractivity contribution in [3.8, 4) is 17.2 Å². The largest absolute Gasteiger partial charge is 1.00 e. The molecule has 0 saturated carbocycles. The number of aromatic hydroxyl groups is 1. The van der Waals surface area contributed by atoms with Gasteiger partial charge in [-0.15, -0.1) is 0 Å². The van der Waals surface area contributed by atoms with Crippen LogP contribution in [0.1, 0.15) is 13.8 Å². The number of aromatic nitrogens is 1. The van der Waals surface area contributed by atoms with Gasteiger partial charge in [0.15, 0.2) is 23.9 Å². The summed E-state index contributed by atoms with van der Waals surface area (Å²) in [5.41, 5.74) is 1.06. The summed E-state index contributed by atoms with van der Waals surface area (Å²) in [7, 11) is 0. The Morgan fingerprint density at radius 2 is 1.65 bits per heavy atom.